The van der Waals surface area contributed by atoms with E-state index in [0.717, 1.165) is 13.0 Å². The zero-order chi connectivity index (χ0) is 9.72. The van der Waals surface area contributed by atoms with Gasteiger partial charge in [-0.1, -0.05) is 20.8 Å². The van der Waals surface area contributed by atoms with Crippen LogP contribution in [0.4, 0.5) is 0 Å². The molecular formula is C10H21NO. The Balaban J connectivity index is 0.000000561. The summed E-state index contributed by atoms with van der Waals surface area (Å²) in [6.45, 7) is 11.2. The van der Waals surface area contributed by atoms with Crippen molar-refractivity contribution < 1.29 is 4.79 Å². The maximum Gasteiger partial charge on any atom is 0.223 e. The second kappa shape index (κ2) is 5.18. The minimum atomic E-state index is 0.322. The Morgan fingerprint density at radius 2 is 1.92 bits per heavy atom. The third-order valence-corrected chi connectivity index (χ3v) is 1.98. The van der Waals surface area contributed by atoms with Gasteiger partial charge in [-0.15, -0.1) is 0 Å². The Kier molecular flexibility index (Phi) is 4.95. The fourth-order valence-corrected chi connectivity index (χ4v) is 1.42. The Morgan fingerprint density at radius 3 is 2.08 bits per heavy atom. The molecule has 0 N–H and O–H groups in total. The van der Waals surface area contributed by atoms with Gasteiger partial charge < -0.3 is 4.90 Å². The van der Waals surface area contributed by atoms with Gasteiger partial charge in [-0.2, -0.15) is 0 Å². The average molecular weight is 171 g/mol. The smallest absolute Gasteiger partial charge is 0.223 e. The topological polar surface area (TPSA) is 20.3 Å². The summed E-state index contributed by atoms with van der Waals surface area (Å²) in [6, 6.07) is 0.387. The van der Waals surface area contributed by atoms with Crippen LogP contribution in [0, 0.1) is 5.92 Å². The van der Waals surface area contributed by atoms with Crippen molar-refractivity contribution in [2.45, 2.75) is 47.1 Å². The van der Waals surface area contributed by atoms with Crippen LogP contribution in [0.1, 0.15) is 41.0 Å². The summed E-state index contributed by atoms with van der Waals surface area (Å²) in [6.07, 6.45) is 0.748. The van der Waals surface area contributed by atoms with Crippen LogP contribution in [0.15, 0.2) is 0 Å². The molecular weight excluding hydrogens is 150 g/mol. The van der Waals surface area contributed by atoms with Crippen molar-refractivity contribution in [2.75, 3.05) is 6.54 Å². The number of carbonyl (C=O) groups is 1. The highest BCUT2D eigenvalue weighted by molar-refractivity contribution is 5.78. The van der Waals surface area contributed by atoms with Gasteiger partial charge >= 0.3 is 0 Å². The van der Waals surface area contributed by atoms with Crippen molar-refractivity contribution in [1.82, 2.24) is 4.90 Å². The molecule has 1 saturated heterocycles. The van der Waals surface area contributed by atoms with Crippen molar-refractivity contribution >= 4 is 5.91 Å². The molecule has 1 rings (SSSR count). The normalized spacial score (nSPS) is 22.7. The molecule has 0 bridgehead atoms. The SMILES string of the molecule is CC.CC1CC(=O)N(C(C)C)C1. The van der Waals surface area contributed by atoms with Gasteiger partial charge in [-0.05, 0) is 19.8 Å². The van der Waals surface area contributed by atoms with Gasteiger partial charge in [0.2, 0.25) is 5.91 Å². The molecule has 0 aromatic heterocycles. The van der Waals surface area contributed by atoms with Crippen LogP contribution < -0.4 is 0 Å². The first kappa shape index (κ1) is 11.5. The van der Waals surface area contributed by atoms with E-state index >= 15 is 0 Å². The number of hydrogen-bond donors (Lipinski definition) is 0. The Bertz CT molecular complexity index is 143. The van der Waals surface area contributed by atoms with Crippen molar-refractivity contribution in [3.63, 3.8) is 0 Å². The number of nitrogens with zero attached hydrogens (tertiary/aromatic N) is 1. The van der Waals surface area contributed by atoms with Gasteiger partial charge in [0.05, 0.1) is 0 Å². The van der Waals surface area contributed by atoms with E-state index in [9.17, 15) is 4.79 Å². The minimum absolute atomic E-state index is 0.322. The summed E-state index contributed by atoms with van der Waals surface area (Å²) in [7, 11) is 0. The summed E-state index contributed by atoms with van der Waals surface area (Å²) >= 11 is 0. The number of rotatable bonds is 1. The molecule has 0 aromatic carbocycles. The standard InChI is InChI=1S/C8H15NO.C2H6/c1-6(2)9-5-7(3)4-8(9)10;1-2/h6-7H,4-5H2,1-3H3;1-2H3. The highest BCUT2D eigenvalue weighted by atomic mass is 16.2. The van der Waals surface area contributed by atoms with Crippen molar-refractivity contribution in [1.29, 1.82) is 0 Å². The van der Waals surface area contributed by atoms with Gasteiger partial charge in [0.15, 0.2) is 0 Å². The van der Waals surface area contributed by atoms with Gasteiger partial charge in [0.25, 0.3) is 0 Å². The van der Waals surface area contributed by atoms with Gasteiger partial charge in [-0.3, -0.25) is 4.79 Å². The zero-order valence-electron chi connectivity index (χ0n) is 8.92. The van der Waals surface area contributed by atoms with E-state index in [2.05, 4.69) is 20.8 Å². The number of hydrogen-bond acceptors (Lipinski definition) is 1. The molecule has 1 heterocycles. The van der Waals surface area contributed by atoms with E-state index < -0.39 is 0 Å². The highest BCUT2D eigenvalue weighted by Crippen LogP contribution is 2.18. The monoisotopic (exact) mass is 171 g/mol. The van der Waals surface area contributed by atoms with Crippen LogP contribution >= 0.6 is 0 Å². The van der Waals surface area contributed by atoms with Crippen LogP contribution in [0.5, 0.6) is 0 Å². The summed E-state index contributed by atoms with van der Waals surface area (Å²) in [5.74, 6) is 0.886. The van der Waals surface area contributed by atoms with Gasteiger partial charge in [-0.25, -0.2) is 0 Å². The van der Waals surface area contributed by atoms with Crippen LogP contribution in [0.2, 0.25) is 0 Å². The van der Waals surface area contributed by atoms with E-state index in [-0.39, 0.29) is 0 Å². The average Bonchev–Trinajstić information content (AvgIpc) is 2.34. The first-order valence-electron chi connectivity index (χ1n) is 4.90. The van der Waals surface area contributed by atoms with E-state index in [1.165, 1.54) is 0 Å². The minimum Gasteiger partial charge on any atom is -0.340 e. The summed E-state index contributed by atoms with van der Waals surface area (Å²) in [5.41, 5.74) is 0. The molecule has 0 radical (unpaired) electrons. The van der Waals surface area contributed by atoms with Crippen LogP contribution in [-0.2, 0) is 4.79 Å². The molecule has 1 amide bonds. The molecule has 1 atom stereocenters. The second-order valence-electron chi connectivity index (χ2n) is 3.45. The van der Waals surface area contributed by atoms with Crippen LogP contribution in [0.25, 0.3) is 0 Å². The maximum absolute atomic E-state index is 11.2. The predicted molar refractivity (Wildman–Crippen MR) is 52.0 cm³/mol. The Morgan fingerprint density at radius 1 is 1.42 bits per heavy atom. The Labute approximate surface area is 75.9 Å². The molecule has 72 valence electrons. The fourth-order valence-electron chi connectivity index (χ4n) is 1.42. The van der Waals surface area contributed by atoms with Crippen molar-refractivity contribution in [3.8, 4) is 0 Å². The highest BCUT2D eigenvalue weighted by Gasteiger charge is 2.27. The third-order valence-electron chi connectivity index (χ3n) is 1.98. The summed E-state index contributed by atoms with van der Waals surface area (Å²) in [5, 5.41) is 0. The number of amides is 1. The third kappa shape index (κ3) is 2.84. The van der Waals surface area contributed by atoms with E-state index in [0.29, 0.717) is 17.9 Å². The quantitative estimate of drug-likeness (QED) is 0.592. The zero-order valence-corrected chi connectivity index (χ0v) is 8.92. The molecule has 2 heteroatoms. The molecule has 1 aliphatic heterocycles. The van der Waals surface area contributed by atoms with Crippen molar-refractivity contribution in [3.05, 3.63) is 0 Å². The van der Waals surface area contributed by atoms with E-state index in [1.54, 1.807) is 0 Å². The molecule has 1 unspecified atom stereocenters. The van der Waals surface area contributed by atoms with Crippen LogP contribution in [-0.4, -0.2) is 23.4 Å². The number of likely N-dealkylation sites (tertiary alicyclic amines) is 1. The van der Waals surface area contributed by atoms with Gasteiger partial charge in [0, 0.05) is 19.0 Å². The molecule has 0 aromatic rings. The predicted octanol–water partition coefficient (Wildman–Crippen LogP) is 2.29. The lowest BCUT2D eigenvalue weighted by Crippen LogP contribution is -2.31. The lowest BCUT2D eigenvalue weighted by molar-refractivity contribution is -0.129. The first-order valence-corrected chi connectivity index (χ1v) is 4.90. The summed E-state index contributed by atoms with van der Waals surface area (Å²) < 4.78 is 0. The molecule has 1 aliphatic rings. The first-order chi connectivity index (χ1) is 5.61. The lowest BCUT2D eigenvalue weighted by Gasteiger charge is -2.20. The van der Waals surface area contributed by atoms with E-state index in [4.69, 9.17) is 0 Å². The summed E-state index contributed by atoms with van der Waals surface area (Å²) in [4.78, 5) is 13.1. The Hall–Kier alpha value is -0.530. The maximum atomic E-state index is 11.2. The molecule has 0 aliphatic carbocycles. The molecule has 1 fully saturated rings. The molecule has 2 nitrogen and oxygen atoms in total. The number of carbonyl (C=O) groups excluding carboxylic acids is 1. The lowest BCUT2D eigenvalue weighted by atomic mass is 10.2. The molecule has 0 spiro atoms. The van der Waals surface area contributed by atoms with Crippen LogP contribution in [0.3, 0.4) is 0 Å². The van der Waals surface area contributed by atoms with Gasteiger partial charge in [0.1, 0.15) is 0 Å². The second-order valence-corrected chi connectivity index (χ2v) is 3.45. The molecule has 12 heavy (non-hydrogen) atoms. The fraction of sp³-hybridized carbons (Fsp3) is 0.900. The molecule has 0 saturated carbocycles. The largest absolute Gasteiger partial charge is 0.340 e. The van der Waals surface area contributed by atoms with Crippen molar-refractivity contribution in [2.24, 2.45) is 5.92 Å². The van der Waals surface area contributed by atoms with E-state index in [1.807, 2.05) is 18.7 Å².